The second kappa shape index (κ2) is 3.67. The van der Waals surface area contributed by atoms with Gasteiger partial charge in [0.25, 0.3) is 0 Å². The fourth-order valence-electron chi connectivity index (χ4n) is 1.53. The molecule has 2 rings (SSSR count). The fraction of sp³-hybridized carbons (Fsp3) is 0.100. The van der Waals surface area contributed by atoms with Crippen LogP contribution in [0, 0.1) is 0 Å². The minimum absolute atomic E-state index is 0.596. The van der Waals surface area contributed by atoms with Crippen molar-refractivity contribution in [3.8, 4) is 0 Å². The van der Waals surface area contributed by atoms with E-state index in [0.717, 1.165) is 15.4 Å². The van der Waals surface area contributed by atoms with Crippen LogP contribution in [0.4, 0.5) is 0 Å². The van der Waals surface area contributed by atoms with Crippen molar-refractivity contribution in [1.82, 2.24) is 4.98 Å². The zero-order chi connectivity index (χ0) is 11.0. The van der Waals surface area contributed by atoms with Gasteiger partial charge in [-0.1, -0.05) is 12.1 Å². The first-order chi connectivity index (χ1) is 7.11. The van der Waals surface area contributed by atoms with Gasteiger partial charge >= 0.3 is 5.97 Å². The molecule has 0 radical (unpaired) electrons. The van der Waals surface area contributed by atoms with Gasteiger partial charge in [0.05, 0.1) is 5.52 Å². The number of benzene rings is 1. The van der Waals surface area contributed by atoms with Crippen molar-refractivity contribution in [1.29, 1.82) is 0 Å². The van der Waals surface area contributed by atoms with Crippen molar-refractivity contribution in [2.24, 2.45) is 5.73 Å². The summed E-state index contributed by atoms with van der Waals surface area (Å²) in [7, 11) is 0. The number of para-hydroxylation sites is 1. The molecule has 15 heavy (non-hydrogen) atoms. The molecule has 4 N–H and O–H groups in total. The van der Waals surface area contributed by atoms with Gasteiger partial charge in [0.2, 0.25) is 0 Å². The minimum Gasteiger partial charge on any atom is -0.480 e. The zero-order valence-corrected chi connectivity index (χ0v) is 9.28. The number of hydrogen-bond acceptors (Lipinski definition) is 2. The Morgan fingerprint density at radius 1 is 1.53 bits per heavy atom. The van der Waals surface area contributed by atoms with Gasteiger partial charge < -0.3 is 15.8 Å². The first-order valence-corrected chi connectivity index (χ1v) is 5.14. The Kier molecular flexibility index (Phi) is 2.50. The molecule has 0 aliphatic rings. The number of carbonyl (C=O) groups is 1. The van der Waals surface area contributed by atoms with E-state index in [1.165, 1.54) is 0 Å². The van der Waals surface area contributed by atoms with Crippen LogP contribution >= 0.6 is 15.9 Å². The Morgan fingerprint density at radius 3 is 2.93 bits per heavy atom. The molecule has 0 amide bonds. The molecule has 1 heterocycles. The molecule has 0 saturated heterocycles. The Hall–Kier alpha value is -1.33. The van der Waals surface area contributed by atoms with Gasteiger partial charge in [-0.3, -0.25) is 4.79 Å². The summed E-state index contributed by atoms with van der Waals surface area (Å²) in [5, 5.41) is 9.66. The lowest BCUT2D eigenvalue weighted by Gasteiger charge is -2.04. The van der Waals surface area contributed by atoms with E-state index >= 15 is 0 Å². The molecule has 1 aromatic heterocycles. The first kappa shape index (κ1) is 10.2. The summed E-state index contributed by atoms with van der Waals surface area (Å²) in [6.45, 7) is 0. The van der Waals surface area contributed by atoms with E-state index in [9.17, 15) is 4.79 Å². The minimum atomic E-state index is -1.03. The van der Waals surface area contributed by atoms with Crippen molar-refractivity contribution in [3.05, 3.63) is 34.4 Å². The zero-order valence-electron chi connectivity index (χ0n) is 7.70. The van der Waals surface area contributed by atoms with Gasteiger partial charge in [0.15, 0.2) is 0 Å². The number of aliphatic carboxylic acids is 1. The molecule has 0 saturated carbocycles. The molecule has 78 valence electrons. The number of aromatic amines is 1. The molecule has 1 atom stereocenters. The molecule has 0 aliphatic carbocycles. The van der Waals surface area contributed by atoms with Crippen molar-refractivity contribution in [2.45, 2.75) is 6.04 Å². The standard InChI is InChI=1S/C10H9BrN2O2/c11-7-3-1-2-5-6(4-13-9(5)7)8(12)10(14)15/h1-4,8,13H,12H2,(H,14,15)/t8-/m1/s1. The lowest BCUT2D eigenvalue weighted by molar-refractivity contribution is -0.138. The van der Waals surface area contributed by atoms with Crippen LogP contribution in [-0.2, 0) is 4.79 Å². The van der Waals surface area contributed by atoms with Crippen LogP contribution in [0.1, 0.15) is 11.6 Å². The van der Waals surface area contributed by atoms with E-state index in [-0.39, 0.29) is 0 Å². The summed E-state index contributed by atoms with van der Waals surface area (Å²) in [5.41, 5.74) is 7.02. The van der Waals surface area contributed by atoms with Crippen LogP contribution in [0.15, 0.2) is 28.9 Å². The number of carboxylic acid groups (broad SMARTS) is 1. The Morgan fingerprint density at radius 2 is 2.27 bits per heavy atom. The summed E-state index contributed by atoms with van der Waals surface area (Å²) < 4.78 is 0.892. The van der Waals surface area contributed by atoms with Crippen molar-refractivity contribution in [2.75, 3.05) is 0 Å². The summed E-state index contributed by atoms with van der Waals surface area (Å²) in [6, 6.07) is 4.58. The van der Waals surface area contributed by atoms with Crippen molar-refractivity contribution >= 4 is 32.8 Å². The number of fused-ring (bicyclic) bond motifs is 1. The van der Waals surface area contributed by atoms with Crippen molar-refractivity contribution in [3.63, 3.8) is 0 Å². The summed E-state index contributed by atoms with van der Waals surface area (Å²) in [5.74, 6) is -1.03. The topological polar surface area (TPSA) is 79.1 Å². The molecule has 4 nitrogen and oxygen atoms in total. The lowest BCUT2D eigenvalue weighted by Crippen LogP contribution is -2.20. The smallest absolute Gasteiger partial charge is 0.325 e. The van der Waals surface area contributed by atoms with Crippen LogP contribution in [0.3, 0.4) is 0 Å². The van der Waals surface area contributed by atoms with E-state index in [1.54, 1.807) is 6.20 Å². The van der Waals surface area contributed by atoms with Crippen LogP contribution in [0.2, 0.25) is 0 Å². The molecule has 0 spiro atoms. The molecule has 0 bridgehead atoms. The number of halogens is 1. The number of aromatic nitrogens is 1. The quantitative estimate of drug-likeness (QED) is 0.780. The molecule has 1 aromatic carbocycles. The lowest BCUT2D eigenvalue weighted by atomic mass is 10.1. The normalized spacial score (nSPS) is 12.9. The molecular weight excluding hydrogens is 260 g/mol. The van der Waals surface area contributed by atoms with E-state index < -0.39 is 12.0 Å². The van der Waals surface area contributed by atoms with Crippen LogP contribution in [0.5, 0.6) is 0 Å². The van der Waals surface area contributed by atoms with E-state index in [4.69, 9.17) is 10.8 Å². The van der Waals surface area contributed by atoms with E-state index in [2.05, 4.69) is 20.9 Å². The average molecular weight is 269 g/mol. The number of nitrogens with two attached hydrogens (primary N) is 1. The highest BCUT2D eigenvalue weighted by Gasteiger charge is 2.18. The summed E-state index contributed by atoms with van der Waals surface area (Å²) in [4.78, 5) is 13.8. The second-order valence-corrected chi connectivity index (χ2v) is 4.08. The number of H-pyrrole nitrogens is 1. The fourth-order valence-corrected chi connectivity index (χ4v) is 2.01. The third-order valence-electron chi connectivity index (χ3n) is 2.30. The van der Waals surface area contributed by atoms with Crippen LogP contribution in [-0.4, -0.2) is 16.1 Å². The summed E-state index contributed by atoms with van der Waals surface area (Å²) >= 11 is 3.38. The molecule has 0 aliphatic heterocycles. The number of carboxylic acids is 1. The van der Waals surface area contributed by atoms with Gasteiger partial charge in [-0.05, 0) is 22.0 Å². The maximum absolute atomic E-state index is 10.8. The molecule has 0 unspecified atom stereocenters. The Balaban J connectivity index is 2.64. The highest BCUT2D eigenvalue weighted by atomic mass is 79.9. The maximum Gasteiger partial charge on any atom is 0.325 e. The monoisotopic (exact) mass is 268 g/mol. The average Bonchev–Trinajstić information content (AvgIpc) is 2.61. The molecule has 5 heteroatoms. The highest BCUT2D eigenvalue weighted by molar-refractivity contribution is 9.10. The third-order valence-corrected chi connectivity index (χ3v) is 2.96. The SMILES string of the molecule is N[C@@H](C(=O)O)c1c[nH]c2c(Br)cccc12. The van der Waals surface area contributed by atoms with Gasteiger partial charge in [-0.2, -0.15) is 0 Å². The number of rotatable bonds is 2. The number of hydrogen-bond donors (Lipinski definition) is 3. The van der Waals surface area contributed by atoms with Crippen molar-refractivity contribution < 1.29 is 9.90 Å². The van der Waals surface area contributed by atoms with Crippen LogP contribution < -0.4 is 5.73 Å². The largest absolute Gasteiger partial charge is 0.480 e. The predicted molar refractivity (Wildman–Crippen MR) is 60.6 cm³/mol. The van der Waals surface area contributed by atoms with Gasteiger partial charge in [-0.25, -0.2) is 0 Å². The Bertz CT molecular complexity index is 521. The number of nitrogens with one attached hydrogen (secondary N) is 1. The maximum atomic E-state index is 10.8. The third kappa shape index (κ3) is 1.64. The van der Waals surface area contributed by atoms with E-state index in [1.807, 2.05) is 18.2 Å². The van der Waals surface area contributed by atoms with Gasteiger partial charge in [-0.15, -0.1) is 0 Å². The summed E-state index contributed by atoms with van der Waals surface area (Å²) in [6.07, 6.45) is 1.63. The predicted octanol–water partition coefficient (Wildman–Crippen LogP) is 2.01. The Labute approximate surface area is 94.2 Å². The molecule has 2 aromatic rings. The van der Waals surface area contributed by atoms with Gasteiger partial charge in [0.1, 0.15) is 6.04 Å². The highest BCUT2D eigenvalue weighted by Crippen LogP contribution is 2.28. The van der Waals surface area contributed by atoms with Gasteiger partial charge in [0, 0.05) is 21.6 Å². The van der Waals surface area contributed by atoms with Crippen LogP contribution in [0.25, 0.3) is 10.9 Å². The van der Waals surface area contributed by atoms with E-state index in [0.29, 0.717) is 5.56 Å². The second-order valence-electron chi connectivity index (χ2n) is 3.22. The molecular formula is C10H9BrN2O2. The first-order valence-electron chi connectivity index (χ1n) is 4.35. The molecule has 0 fully saturated rings.